The first-order valence-corrected chi connectivity index (χ1v) is 7.66. The highest BCUT2D eigenvalue weighted by molar-refractivity contribution is 6.00. The monoisotopic (exact) mass is 306 g/mol. The zero-order chi connectivity index (χ0) is 16.4. The number of aromatic carboxylic acids is 1. The van der Waals surface area contributed by atoms with Crippen molar-refractivity contribution in [2.75, 3.05) is 0 Å². The van der Waals surface area contributed by atoms with Crippen LogP contribution in [-0.4, -0.2) is 16.2 Å². The van der Waals surface area contributed by atoms with Gasteiger partial charge >= 0.3 is 5.97 Å². The summed E-state index contributed by atoms with van der Waals surface area (Å²) in [5.74, 6) is -1.30. The molecular weight excluding hydrogens is 288 g/mol. The summed E-state index contributed by atoms with van der Waals surface area (Å²) in [6.07, 6.45) is 0.768. The summed E-state index contributed by atoms with van der Waals surface area (Å²) < 4.78 is 0. The zero-order valence-electron chi connectivity index (χ0n) is 12.9. The Morgan fingerprint density at radius 1 is 1.04 bits per heavy atom. The van der Waals surface area contributed by atoms with Crippen molar-refractivity contribution in [2.45, 2.75) is 19.3 Å². The maximum atomic E-state index is 11.5. The molecule has 0 bridgehead atoms. The van der Waals surface area contributed by atoms with Crippen LogP contribution in [0.2, 0.25) is 0 Å². The molecule has 116 valence electrons. The Balaban J connectivity index is 2.34. The minimum absolute atomic E-state index is 0.0481. The lowest BCUT2D eigenvalue weighted by molar-refractivity contribution is 0.0693. The van der Waals surface area contributed by atoms with Gasteiger partial charge in [-0.15, -0.1) is 0 Å². The van der Waals surface area contributed by atoms with Crippen LogP contribution in [0.3, 0.4) is 0 Å². The molecule has 23 heavy (non-hydrogen) atoms. The fourth-order valence-corrected chi connectivity index (χ4v) is 3.17. The van der Waals surface area contributed by atoms with Gasteiger partial charge in [-0.05, 0) is 28.8 Å². The van der Waals surface area contributed by atoms with Gasteiger partial charge in [0.15, 0.2) is 0 Å². The maximum Gasteiger partial charge on any atom is 0.339 e. The van der Waals surface area contributed by atoms with Gasteiger partial charge in [-0.1, -0.05) is 61.5 Å². The molecule has 0 aliphatic heterocycles. The van der Waals surface area contributed by atoms with Crippen LogP contribution in [-0.2, 0) is 0 Å². The van der Waals surface area contributed by atoms with Crippen LogP contribution in [0.15, 0.2) is 60.7 Å². The van der Waals surface area contributed by atoms with E-state index in [9.17, 15) is 15.0 Å². The summed E-state index contributed by atoms with van der Waals surface area (Å²) in [4.78, 5) is 11.5. The Morgan fingerprint density at radius 2 is 1.70 bits per heavy atom. The van der Waals surface area contributed by atoms with Gasteiger partial charge in [0.1, 0.15) is 11.3 Å². The zero-order valence-corrected chi connectivity index (χ0v) is 12.9. The predicted molar refractivity (Wildman–Crippen MR) is 91.1 cm³/mol. The smallest absolute Gasteiger partial charge is 0.339 e. The number of carbonyl (C=O) groups is 1. The molecule has 3 aromatic carbocycles. The third kappa shape index (κ3) is 2.66. The van der Waals surface area contributed by atoms with E-state index < -0.39 is 5.97 Å². The second-order valence-corrected chi connectivity index (χ2v) is 5.58. The second kappa shape index (κ2) is 6.13. The molecule has 3 nitrogen and oxygen atoms in total. The van der Waals surface area contributed by atoms with E-state index in [1.54, 1.807) is 0 Å². The molecule has 1 unspecified atom stereocenters. The largest absolute Gasteiger partial charge is 0.507 e. The number of rotatable bonds is 4. The van der Waals surface area contributed by atoms with Crippen LogP contribution in [0.25, 0.3) is 10.8 Å². The number of phenols is 1. The lowest BCUT2D eigenvalue weighted by atomic mass is 9.84. The first-order valence-electron chi connectivity index (χ1n) is 7.66. The third-order valence-corrected chi connectivity index (χ3v) is 4.25. The molecule has 0 saturated heterocycles. The first kappa shape index (κ1) is 15.1. The van der Waals surface area contributed by atoms with Crippen LogP contribution in [0.4, 0.5) is 0 Å². The quantitative estimate of drug-likeness (QED) is 0.729. The Hall–Kier alpha value is -2.81. The molecule has 0 amide bonds. The molecule has 0 aromatic heterocycles. The second-order valence-electron chi connectivity index (χ2n) is 5.58. The van der Waals surface area contributed by atoms with Gasteiger partial charge in [-0.25, -0.2) is 4.79 Å². The molecule has 0 aliphatic carbocycles. The van der Waals surface area contributed by atoms with Crippen molar-refractivity contribution in [1.82, 2.24) is 0 Å². The number of hydrogen-bond donors (Lipinski definition) is 2. The molecule has 0 fully saturated rings. The molecule has 0 aliphatic rings. The van der Waals surface area contributed by atoms with Crippen molar-refractivity contribution in [3.63, 3.8) is 0 Å². The van der Waals surface area contributed by atoms with Crippen molar-refractivity contribution in [1.29, 1.82) is 0 Å². The maximum absolute atomic E-state index is 11.5. The summed E-state index contributed by atoms with van der Waals surface area (Å²) in [6, 6.07) is 19.0. The summed E-state index contributed by atoms with van der Waals surface area (Å²) in [5, 5.41) is 21.8. The number of fused-ring (bicyclic) bond motifs is 1. The first-order chi connectivity index (χ1) is 11.1. The van der Waals surface area contributed by atoms with E-state index >= 15 is 0 Å². The number of hydrogen-bond acceptors (Lipinski definition) is 2. The SMILES string of the molecule is CCC(c1ccccc1)c1c(O)c(C(=O)O)cc2ccccc12. The highest BCUT2D eigenvalue weighted by atomic mass is 16.4. The van der Waals surface area contributed by atoms with Gasteiger partial charge in [-0.3, -0.25) is 0 Å². The third-order valence-electron chi connectivity index (χ3n) is 4.25. The van der Waals surface area contributed by atoms with Crippen molar-refractivity contribution in [3.05, 3.63) is 77.4 Å². The average molecular weight is 306 g/mol. The molecule has 0 spiro atoms. The van der Waals surface area contributed by atoms with Gasteiger partial charge in [0, 0.05) is 11.5 Å². The summed E-state index contributed by atoms with van der Waals surface area (Å²) in [7, 11) is 0. The summed E-state index contributed by atoms with van der Waals surface area (Å²) >= 11 is 0. The summed E-state index contributed by atoms with van der Waals surface area (Å²) in [6.45, 7) is 2.04. The highest BCUT2D eigenvalue weighted by Crippen LogP contribution is 2.41. The molecule has 0 saturated carbocycles. The standard InChI is InChI=1S/C20H18O3/c1-2-15(13-8-4-3-5-9-13)18-16-11-7-6-10-14(16)12-17(19(18)21)20(22)23/h3-12,15,21H,2H2,1H3,(H,22,23). The van der Waals surface area contributed by atoms with Crippen LogP contribution < -0.4 is 0 Å². The Morgan fingerprint density at radius 3 is 2.35 bits per heavy atom. The molecule has 1 atom stereocenters. The molecule has 3 rings (SSSR count). The lowest BCUT2D eigenvalue weighted by Gasteiger charge is -2.21. The predicted octanol–water partition coefficient (Wildman–Crippen LogP) is 4.79. The molecule has 2 N–H and O–H groups in total. The minimum atomic E-state index is -1.11. The summed E-state index contributed by atoms with van der Waals surface area (Å²) in [5.41, 5.74) is 1.71. The fourth-order valence-electron chi connectivity index (χ4n) is 3.17. The molecule has 3 aromatic rings. The van der Waals surface area contributed by atoms with Gasteiger partial charge < -0.3 is 10.2 Å². The Kier molecular flexibility index (Phi) is 4.02. The molecule has 0 heterocycles. The van der Waals surface area contributed by atoms with Crippen LogP contribution >= 0.6 is 0 Å². The van der Waals surface area contributed by atoms with Gasteiger partial charge in [0.2, 0.25) is 0 Å². The van der Waals surface area contributed by atoms with Crippen molar-refractivity contribution in [3.8, 4) is 5.75 Å². The van der Waals surface area contributed by atoms with E-state index in [4.69, 9.17) is 0 Å². The lowest BCUT2D eigenvalue weighted by Crippen LogP contribution is -2.05. The Bertz CT molecular complexity index is 853. The van der Waals surface area contributed by atoms with Crippen LogP contribution in [0, 0.1) is 0 Å². The van der Waals surface area contributed by atoms with E-state index in [1.807, 2.05) is 61.5 Å². The number of carboxylic acid groups (broad SMARTS) is 1. The molecule has 3 heteroatoms. The minimum Gasteiger partial charge on any atom is -0.507 e. The van der Waals surface area contributed by atoms with E-state index in [-0.39, 0.29) is 17.2 Å². The van der Waals surface area contributed by atoms with Crippen molar-refractivity contribution < 1.29 is 15.0 Å². The highest BCUT2D eigenvalue weighted by Gasteiger charge is 2.23. The fraction of sp³-hybridized carbons (Fsp3) is 0.150. The molecule has 0 radical (unpaired) electrons. The Labute approximate surface area is 134 Å². The number of carboxylic acids is 1. The van der Waals surface area contributed by atoms with E-state index in [0.29, 0.717) is 5.56 Å². The van der Waals surface area contributed by atoms with Gasteiger partial charge in [0.05, 0.1) is 0 Å². The van der Waals surface area contributed by atoms with E-state index in [2.05, 4.69) is 0 Å². The van der Waals surface area contributed by atoms with Gasteiger partial charge in [-0.2, -0.15) is 0 Å². The number of benzene rings is 3. The average Bonchev–Trinajstić information content (AvgIpc) is 2.58. The van der Waals surface area contributed by atoms with E-state index in [1.165, 1.54) is 6.07 Å². The van der Waals surface area contributed by atoms with Crippen LogP contribution in [0.5, 0.6) is 5.75 Å². The van der Waals surface area contributed by atoms with Crippen LogP contribution in [0.1, 0.15) is 40.7 Å². The molecular formula is C20H18O3. The van der Waals surface area contributed by atoms with Crippen molar-refractivity contribution >= 4 is 16.7 Å². The van der Waals surface area contributed by atoms with E-state index in [0.717, 1.165) is 22.8 Å². The normalized spacial score (nSPS) is 12.2. The topological polar surface area (TPSA) is 57.5 Å². The van der Waals surface area contributed by atoms with Gasteiger partial charge in [0.25, 0.3) is 0 Å². The van der Waals surface area contributed by atoms with Crippen molar-refractivity contribution in [2.24, 2.45) is 0 Å². The number of aromatic hydroxyl groups is 1.